The van der Waals surface area contributed by atoms with E-state index in [4.69, 9.17) is 4.74 Å². The number of benzene rings is 2. The molecule has 0 bridgehead atoms. The number of fused-ring (bicyclic) bond motifs is 1. The minimum absolute atomic E-state index is 0.296. The van der Waals surface area contributed by atoms with Crippen LogP contribution in [0, 0.1) is 0 Å². The number of piperazine rings is 1. The molecule has 2 heterocycles. The van der Waals surface area contributed by atoms with Crippen LogP contribution >= 0.6 is 0 Å². The molecule has 0 spiro atoms. The van der Waals surface area contributed by atoms with Crippen molar-refractivity contribution >= 4 is 16.6 Å². The molecule has 1 fully saturated rings. The number of aromatic nitrogens is 1. The number of ether oxygens (including phenoxy) is 1. The predicted octanol–water partition coefficient (Wildman–Crippen LogP) is 2.80. The van der Waals surface area contributed by atoms with Crippen LogP contribution in [0.1, 0.15) is 0 Å². The standard InChI is InChI=1S/C22H25N3O2/c26-20(17-27-21-8-9-22-18(15-21)5-4-10-23-22)16-24-11-13-25(14-12-24)19-6-2-1-3-7-19/h1-10,15,20,26H,11-14,16-17H2. The zero-order chi connectivity index (χ0) is 18.5. The van der Waals surface area contributed by atoms with Crippen LogP contribution in [-0.4, -0.2) is 60.4 Å². The van der Waals surface area contributed by atoms with Gasteiger partial charge in [-0.05, 0) is 36.4 Å². The van der Waals surface area contributed by atoms with Crippen molar-refractivity contribution in [2.24, 2.45) is 0 Å². The average molecular weight is 363 g/mol. The van der Waals surface area contributed by atoms with E-state index in [0.717, 1.165) is 42.8 Å². The molecule has 5 nitrogen and oxygen atoms in total. The van der Waals surface area contributed by atoms with E-state index in [0.29, 0.717) is 13.2 Å². The number of β-amino-alcohol motifs (C(OH)–C–C–N with tert-alkyl or cyclic N) is 1. The molecule has 5 heteroatoms. The van der Waals surface area contributed by atoms with Crippen molar-refractivity contribution in [3.63, 3.8) is 0 Å². The largest absolute Gasteiger partial charge is 0.491 e. The Morgan fingerprint density at radius 2 is 1.78 bits per heavy atom. The van der Waals surface area contributed by atoms with Gasteiger partial charge in [0, 0.05) is 50.0 Å². The zero-order valence-corrected chi connectivity index (χ0v) is 15.4. The van der Waals surface area contributed by atoms with Crippen molar-refractivity contribution in [1.29, 1.82) is 0 Å². The maximum Gasteiger partial charge on any atom is 0.120 e. The molecular weight excluding hydrogens is 338 g/mol. The Bertz CT molecular complexity index is 864. The number of rotatable bonds is 6. The predicted molar refractivity (Wildman–Crippen MR) is 108 cm³/mol. The van der Waals surface area contributed by atoms with Gasteiger partial charge in [0.2, 0.25) is 0 Å². The van der Waals surface area contributed by atoms with E-state index in [1.165, 1.54) is 5.69 Å². The Kier molecular flexibility index (Phi) is 5.51. The van der Waals surface area contributed by atoms with Gasteiger partial charge >= 0.3 is 0 Å². The Balaban J connectivity index is 1.24. The van der Waals surface area contributed by atoms with E-state index in [1.807, 2.05) is 36.4 Å². The highest BCUT2D eigenvalue weighted by molar-refractivity contribution is 5.79. The van der Waals surface area contributed by atoms with Crippen molar-refractivity contribution in [3.05, 3.63) is 66.9 Å². The fraction of sp³-hybridized carbons (Fsp3) is 0.318. The molecule has 3 aromatic rings. The van der Waals surface area contributed by atoms with Crippen LogP contribution in [0.15, 0.2) is 66.9 Å². The summed E-state index contributed by atoms with van der Waals surface area (Å²) in [5.74, 6) is 0.767. The lowest BCUT2D eigenvalue weighted by atomic mass is 10.2. The number of hydrogen-bond acceptors (Lipinski definition) is 5. The summed E-state index contributed by atoms with van der Waals surface area (Å²) in [5, 5.41) is 11.4. The van der Waals surface area contributed by atoms with Crippen LogP contribution in [-0.2, 0) is 0 Å². The first-order valence-corrected chi connectivity index (χ1v) is 9.46. The fourth-order valence-electron chi connectivity index (χ4n) is 3.51. The van der Waals surface area contributed by atoms with E-state index in [9.17, 15) is 5.11 Å². The van der Waals surface area contributed by atoms with Crippen LogP contribution in [0.2, 0.25) is 0 Å². The molecule has 1 aliphatic rings. The molecule has 140 valence electrons. The van der Waals surface area contributed by atoms with Gasteiger partial charge in [-0.2, -0.15) is 0 Å². The highest BCUT2D eigenvalue weighted by Gasteiger charge is 2.19. The summed E-state index contributed by atoms with van der Waals surface area (Å²) in [7, 11) is 0. The number of nitrogens with zero attached hydrogens (tertiary/aromatic N) is 3. The summed E-state index contributed by atoms with van der Waals surface area (Å²) in [4.78, 5) is 9.00. The minimum atomic E-state index is -0.502. The van der Waals surface area contributed by atoms with Crippen LogP contribution in [0.5, 0.6) is 5.75 Å². The van der Waals surface area contributed by atoms with Crippen molar-refractivity contribution in [2.45, 2.75) is 6.10 Å². The number of aliphatic hydroxyl groups excluding tert-OH is 1. The molecule has 0 saturated carbocycles. The first-order chi connectivity index (χ1) is 13.3. The average Bonchev–Trinajstić information content (AvgIpc) is 2.73. The highest BCUT2D eigenvalue weighted by Crippen LogP contribution is 2.19. The van der Waals surface area contributed by atoms with E-state index >= 15 is 0 Å². The van der Waals surface area contributed by atoms with Crippen LogP contribution < -0.4 is 9.64 Å². The summed E-state index contributed by atoms with van der Waals surface area (Å²) in [5.41, 5.74) is 2.22. The maximum atomic E-state index is 10.4. The van der Waals surface area contributed by atoms with Gasteiger partial charge in [-0.1, -0.05) is 24.3 Å². The van der Waals surface area contributed by atoms with Gasteiger partial charge in [0.05, 0.1) is 5.52 Å². The molecule has 27 heavy (non-hydrogen) atoms. The van der Waals surface area contributed by atoms with Gasteiger partial charge in [-0.25, -0.2) is 0 Å². The number of aliphatic hydroxyl groups is 1. The summed E-state index contributed by atoms with van der Waals surface area (Å²) < 4.78 is 5.79. The molecule has 1 unspecified atom stereocenters. The topological polar surface area (TPSA) is 48.8 Å². The minimum Gasteiger partial charge on any atom is -0.491 e. The number of pyridine rings is 1. The normalized spacial score (nSPS) is 16.4. The number of anilines is 1. The van der Waals surface area contributed by atoms with E-state index < -0.39 is 6.10 Å². The highest BCUT2D eigenvalue weighted by atomic mass is 16.5. The van der Waals surface area contributed by atoms with Gasteiger partial charge < -0.3 is 14.7 Å². The van der Waals surface area contributed by atoms with Crippen molar-refractivity contribution in [3.8, 4) is 5.75 Å². The Morgan fingerprint density at radius 3 is 2.59 bits per heavy atom. The summed E-state index contributed by atoms with van der Waals surface area (Å²) in [6, 6.07) is 20.2. The second-order valence-electron chi connectivity index (χ2n) is 6.95. The van der Waals surface area contributed by atoms with Crippen molar-refractivity contribution in [1.82, 2.24) is 9.88 Å². The third-order valence-electron chi connectivity index (χ3n) is 4.98. The first kappa shape index (κ1) is 17.8. The third kappa shape index (κ3) is 4.56. The molecule has 1 saturated heterocycles. The van der Waals surface area contributed by atoms with Crippen LogP contribution in [0.4, 0.5) is 5.69 Å². The summed E-state index contributed by atoms with van der Waals surface area (Å²) >= 11 is 0. The van der Waals surface area contributed by atoms with Gasteiger partial charge in [-0.3, -0.25) is 9.88 Å². The Morgan fingerprint density at radius 1 is 0.963 bits per heavy atom. The quantitative estimate of drug-likeness (QED) is 0.730. The van der Waals surface area contributed by atoms with Gasteiger partial charge in [0.1, 0.15) is 18.5 Å². The van der Waals surface area contributed by atoms with Gasteiger partial charge in [0.25, 0.3) is 0 Å². The summed E-state index contributed by atoms with van der Waals surface area (Å²) in [6.45, 7) is 4.80. The fourth-order valence-corrected chi connectivity index (χ4v) is 3.51. The lowest BCUT2D eigenvalue weighted by Crippen LogP contribution is -2.49. The maximum absolute atomic E-state index is 10.4. The van der Waals surface area contributed by atoms with Crippen LogP contribution in [0.25, 0.3) is 10.9 Å². The molecule has 1 aliphatic heterocycles. The first-order valence-electron chi connectivity index (χ1n) is 9.46. The SMILES string of the molecule is OC(COc1ccc2ncccc2c1)CN1CCN(c2ccccc2)CC1. The lowest BCUT2D eigenvalue weighted by Gasteiger charge is -2.36. The number of para-hydroxylation sites is 1. The smallest absolute Gasteiger partial charge is 0.120 e. The molecule has 0 amide bonds. The monoisotopic (exact) mass is 363 g/mol. The molecule has 0 radical (unpaired) electrons. The second-order valence-corrected chi connectivity index (χ2v) is 6.95. The second kappa shape index (κ2) is 8.37. The third-order valence-corrected chi connectivity index (χ3v) is 4.98. The number of hydrogen-bond donors (Lipinski definition) is 1. The molecule has 0 aliphatic carbocycles. The van der Waals surface area contributed by atoms with Crippen molar-refractivity contribution in [2.75, 3.05) is 44.2 Å². The van der Waals surface area contributed by atoms with Crippen molar-refractivity contribution < 1.29 is 9.84 Å². The van der Waals surface area contributed by atoms with E-state index in [2.05, 4.69) is 39.0 Å². The molecule has 4 rings (SSSR count). The summed E-state index contributed by atoms with van der Waals surface area (Å²) in [6.07, 6.45) is 1.28. The Hall–Kier alpha value is -2.63. The zero-order valence-electron chi connectivity index (χ0n) is 15.4. The molecule has 1 aromatic heterocycles. The Labute approximate surface area is 159 Å². The molecular formula is C22H25N3O2. The van der Waals surface area contributed by atoms with E-state index in [-0.39, 0.29) is 0 Å². The molecule has 2 aromatic carbocycles. The molecule has 1 atom stereocenters. The van der Waals surface area contributed by atoms with E-state index in [1.54, 1.807) is 6.20 Å². The van der Waals surface area contributed by atoms with Crippen LogP contribution in [0.3, 0.4) is 0 Å². The molecule has 1 N–H and O–H groups in total. The van der Waals surface area contributed by atoms with Gasteiger partial charge in [-0.15, -0.1) is 0 Å². The van der Waals surface area contributed by atoms with Gasteiger partial charge in [0.15, 0.2) is 0 Å². The lowest BCUT2D eigenvalue weighted by molar-refractivity contribution is 0.0663.